The molecule has 72 valence electrons. The van der Waals surface area contributed by atoms with E-state index in [9.17, 15) is 4.79 Å². The number of rotatable bonds is 8. The number of alkyl halides is 1. The van der Waals surface area contributed by atoms with Crippen LogP contribution in [0.15, 0.2) is 0 Å². The first-order valence-corrected chi connectivity index (χ1v) is 5.42. The lowest BCUT2D eigenvalue weighted by Gasteiger charge is -1.98. The van der Waals surface area contributed by atoms with Gasteiger partial charge in [0.2, 0.25) is 0 Å². The van der Waals surface area contributed by atoms with Crippen molar-refractivity contribution in [3.8, 4) is 0 Å². The van der Waals surface area contributed by atoms with Crippen LogP contribution in [0.25, 0.3) is 0 Å². The topological polar surface area (TPSA) is 17.1 Å². The van der Waals surface area contributed by atoms with Gasteiger partial charge >= 0.3 is 0 Å². The van der Waals surface area contributed by atoms with Gasteiger partial charge in [-0.05, 0) is 12.8 Å². The number of ketones is 1. The number of hydrogen-bond acceptors (Lipinski definition) is 1. The summed E-state index contributed by atoms with van der Waals surface area (Å²) in [6.45, 7) is 2.18. The molecule has 0 rings (SSSR count). The average Bonchev–Trinajstić information content (AvgIpc) is 2.09. The van der Waals surface area contributed by atoms with Crippen LogP contribution in [0.1, 0.15) is 51.9 Å². The molecule has 0 heterocycles. The summed E-state index contributed by atoms with van der Waals surface area (Å²) in [6, 6.07) is 0. The number of Topliss-reactive ketones (excluding diaryl/α,β-unsaturated/α-hetero) is 1. The van der Waals surface area contributed by atoms with E-state index in [0.717, 1.165) is 19.3 Å². The van der Waals surface area contributed by atoms with E-state index in [1.54, 1.807) is 0 Å². The molecule has 0 atom stereocenters. The van der Waals surface area contributed by atoms with Gasteiger partial charge in [-0.15, -0.1) is 11.6 Å². The predicted molar refractivity (Wildman–Crippen MR) is 53.7 cm³/mol. The molecule has 0 aliphatic heterocycles. The zero-order chi connectivity index (χ0) is 9.23. The quantitative estimate of drug-likeness (QED) is 0.423. The maximum absolute atomic E-state index is 11.1. The number of carbonyl (C=O) groups excluding carboxylic acids is 1. The number of halogens is 1. The molecule has 0 N–H and O–H groups in total. The van der Waals surface area contributed by atoms with Crippen LogP contribution in [-0.4, -0.2) is 11.7 Å². The molecular formula is C10H19ClO. The number of unbranched alkanes of at least 4 members (excludes halogenated alkanes) is 3. The molecule has 0 saturated carbocycles. The standard InChI is InChI=1S/C10H19ClO/c1-2-3-4-5-7-10(12)8-6-9-11/h2-9H2,1H3. The summed E-state index contributed by atoms with van der Waals surface area (Å²) in [7, 11) is 0. The van der Waals surface area contributed by atoms with Gasteiger partial charge in [-0.1, -0.05) is 26.2 Å². The maximum Gasteiger partial charge on any atom is 0.132 e. The summed E-state index contributed by atoms with van der Waals surface area (Å²) in [6.07, 6.45) is 7.03. The van der Waals surface area contributed by atoms with E-state index < -0.39 is 0 Å². The van der Waals surface area contributed by atoms with Gasteiger partial charge in [0.25, 0.3) is 0 Å². The molecule has 0 unspecified atom stereocenters. The first-order valence-electron chi connectivity index (χ1n) is 4.89. The third-order valence-corrected chi connectivity index (χ3v) is 2.17. The van der Waals surface area contributed by atoms with Crippen molar-refractivity contribution in [2.75, 3.05) is 5.88 Å². The largest absolute Gasteiger partial charge is 0.300 e. The van der Waals surface area contributed by atoms with Gasteiger partial charge in [0.1, 0.15) is 5.78 Å². The van der Waals surface area contributed by atoms with Crippen molar-refractivity contribution in [2.45, 2.75) is 51.9 Å². The Kier molecular flexibility index (Phi) is 9.02. The average molecular weight is 191 g/mol. The Morgan fingerprint density at radius 2 is 1.75 bits per heavy atom. The maximum atomic E-state index is 11.1. The van der Waals surface area contributed by atoms with E-state index in [1.807, 2.05) is 0 Å². The minimum atomic E-state index is 0.381. The number of carbonyl (C=O) groups is 1. The van der Waals surface area contributed by atoms with Crippen LogP contribution >= 0.6 is 11.6 Å². The molecule has 0 fully saturated rings. The molecule has 0 aliphatic rings. The van der Waals surface area contributed by atoms with Crippen LogP contribution in [0.3, 0.4) is 0 Å². The fourth-order valence-corrected chi connectivity index (χ4v) is 1.27. The summed E-state index contributed by atoms with van der Waals surface area (Å²) in [4.78, 5) is 11.1. The van der Waals surface area contributed by atoms with Gasteiger partial charge in [0.15, 0.2) is 0 Å². The summed E-state index contributed by atoms with van der Waals surface area (Å²) >= 11 is 5.48. The minimum absolute atomic E-state index is 0.381. The first-order chi connectivity index (χ1) is 5.81. The van der Waals surface area contributed by atoms with E-state index in [4.69, 9.17) is 11.6 Å². The second kappa shape index (κ2) is 9.05. The SMILES string of the molecule is CCCCCCC(=O)CCCCl. The lowest BCUT2D eigenvalue weighted by atomic mass is 10.1. The van der Waals surface area contributed by atoms with Crippen LogP contribution in [-0.2, 0) is 4.79 Å². The molecule has 0 aromatic heterocycles. The Bertz CT molecular complexity index is 112. The molecule has 0 saturated heterocycles. The molecule has 0 aromatic rings. The smallest absolute Gasteiger partial charge is 0.132 e. The molecule has 0 bridgehead atoms. The molecular weight excluding hydrogens is 172 g/mol. The molecule has 2 heteroatoms. The van der Waals surface area contributed by atoms with Crippen molar-refractivity contribution < 1.29 is 4.79 Å². The fraction of sp³-hybridized carbons (Fsp3) is 0.900. The Balaban J connectivity index is 3.08. The third-order valence-electron chi connectivity index (χ3n) is 1.90. The highest BCUT2D eigenvalue weighted by Gasteiger charge is 1.99. The monoisotopic (exact) mass is 190 g/mol. The Morgan fingerprint density at radius 3 is 2.33 bits per heavy atom. The second-order valence-corrected chi connectivity index (χ2v) is 3.52. The van der Waals surface area contributed by atoms with E-state index in [-0.39, 0.29) is 0 Å². The van der Waals surface area contributed by atoms with E-state index in [1.165, 1.54) is 19.3 Å². The van der Waals surface area contributed by atoms with Gasteiger partial charge in [-0.25, -0.2) is 0 Å². The zero-order valence-corrected chi connectivity index (χ0v) is 8.70. The highest BCUT2D eigenvalue weighted by atomic mass is 35.5. The lowest BCUT2D eigenvalue weighted by molar-refractivity contribution is -0.119. The van der Waals surface area contributed by atoms with Crippen molar-refractivity contribution in [1.82, 2.24) is 0 Å². The van der Waals surface area contributed by atoms with Crippen molar-refractivity contribution in [3.05, 3.63) is 0 Å². The summed E-state index contributed by atoms with van der Waals surface area (Å²) < 4.78 is 0. The Morgan fingerprint density at radius 1 is 1.08 bits per heavy atom. The van der Waals surface area contributed by atoms with Gasteiger partial charge in [0.05, 0.1) is 0 Å². The molecule has 0 aromatic carbocycles. The van der Waals surface area contributed by atoms with Gasteiger partial charge in [-0.3, -0.25) is 4.79 Å². The van der Waals surface area contributed by atoms with Crippen molar-refractivity contribution >= 4 is 17.4 Å². The van der Waals surface area contributed by atoms with Crippen LogP contribution in [0.2, 0.25) is 0 Å². The summed E-state index contributed by atoms with van der Waals surface area (Å²) in [5.41, 5.74) is 0. The molecule has 1 nitrogen and oxygen atoms in total. The van der Waals surface area contributed by atoms with Crippen LogP contribution in [0, 0.1) is 0 Å². The summed E-state index contributed by atoms with van der Waals surface area (Å²) in [5.74, 6) is 0.993. The third kappa shape index (κ3) is 8.06. The van der Waals surface area contributed by atoms with Crippen molar-refractivity contribution in [1.29, 1.82) is 0 Å². The van der Waals surface area contributed by atoms with Gasteiger partial charge in [0, 0.05) is 18.7 Å². The first kappa shape index (κ1) is 12.0. The van der Waals surface area contributed by atoms with Crippen LogP contribution in [0.4, 0.5) is 0 Å². The molecule has 0 amide bonds. The second-order valence-electron chi connectivity index (χ2n) is 3.14. The van der Waals surface area contributed by atoms with Crippen LogP contribution < -0.4 is 0 Å². The molecule has 0 spiro atoms. The van der Waals surface area contributed by atoms with E-state index in [0.29, 0.717) is 18.1 Å². The normalized spacial score (nSPS) is 10.2. The summed E-state index contributed by atoms with van der Waals surface area (Å²) in [5, 5.41) is 0. The zero-order valence-electron chi connectivity index (χ0n) is 7.94. The predicted octanol–water partition coefficient (Wildman–Crippen LogP) is 3.54. The number of hydrogen-bond donors (Lipinski definition) is 0. The van der Waals surface area contributed by atoms with Gasteiger partial charge in [-0.2, -0.15) is 0 Å². The molecule has 12 heavy (non-hydrogen) atoms. The lowest BCUT2D eigenvalue weighted by Crippen LogP contribution is -1.97. The molecule has 0 aliphatic carbocycles. The van der Waals surface area contributed by atoms with Crippen molar-refractivity contribution in [2.24, 2.45) is 0 Å². The van der Waals surface area contributed by atoms with Gasteiger partial charge < -0.3 is 0 Å². The molecule has 0 radical (unpaired) electrons. The van der Waals surface area contributed by atoms with Crippen LogP contribution in [0.5, 0.6) is 0 Å². The minimum Gasteiger partial charge on any atom is -0.300 e. The van der Waals surface area contributed by atoms with Crippen molar-refractivity contribution in [3.63, 3.8) is 0 Å². The highest BCUT2D eigenvalue weighted by molar-refractivity contribution is 6.17. The highest BCUT2D eigenvalue weighted by Crippen LogP contribution is 2.05. The van der Waals surface area contributed by atoms with E-state index >= 15 is 0 Å². The Hall–Kier alpha value is -0.0400. The fourth-order valence-electron chi connectivity index (χ4n) is 1.14. The van der Waals surface area contributed by atoms with E-state index in [2.05, 4.69) is 6.92 Å². The Labute approximate surface area is 80.5 Å².